The standard InChI is InChI=1S/C19H12ClNO5S.C12H9ClO3S.C7H5NO3/c20-11-1-3-13(4-2-11)27-10-12-7-16(22)18(9-25-12)26-19(23)15-8-17-14(21-15)5-6-24-17;13-8-1-3-10(4-2-8)17-7-9-5-11(14)12(15)6-16-9;9-7(10)5-3-6-4(8-5)1-2-11-6/h1-9,21H,10H2;1-6,15H,7H2;1-3,8H,(H,9,10). The lowest BCUT2D eigenvalue weighted by molar-refractivity contribution is 0.0688. The number of hydrogen-bond acceptors (Lipinski definition) is 12. The summed E-state index contributed by atoms with van der Waals surface area (Å²) >= 11 is 14.6. The highest BCUT2D eigenvalue weighted by atomic mass is 35.5. The van der Waals surface area contributed by atoms with E-state index in [1.807, 2.05) is 24.3 Å². The zero-order valence-electron chi connectivity index (χ0n) is 27.9. The van der Waals surface area contributed by atoms with E-state index in [2.05, 4.69) is 9.97 Å². The van der Waals surface area contributed by atoms with Crippen molar-refractivity contribution < 1.29 is 42.2 Å². The molecule has 0 fully saturated rings. The number of aromatic carboxylic acids is 1. The maximum Gasteiger partial charge on any atom is 0.360 e. The molecule has 17 heteroatoms. The average molecular weight is 822 g/mol. The SMILES string of the molecule is O=C(O)c1cc2occc2[nH]1.O=C(Oc1coc(CSc2ccc(Cl)cc2)cc1=O)c1cc2occc2[nH]1.O=c1cc(CSc2ccc(Cl)cc2)occ1O. The summed E-state index contributed by atoms with van der Waals surface area (Å²) in [5.74, 6) is -0.245. The van der Waals surface area contributed by atoms with Crippen molar-refractivity contribution >= 4 is 80.9 Å². The third-order valence-electron chi connectivity index (χ3n) is 7.24. The number of carbonyl (C=O) groups is 2. The predicted molar refractivity (Wildman–Crippen MR) is 207 cm³/mol. The molecule has 2 aromatic carbocycles. The molecule has 0 aliphatic carbocycles. The van der Waals surface area contributed by atoms with Gasteiger partial charge >= 0.3 is 11.9 Å². The van der Waals surface area contributed by atoms with Gasteiger partial charge in [-0.2, -0.15) is 0 Å². The molecule has 4 N–H and O–H groups in total. The van der Waals surface area contributed by atoms with Gasteiger partial charge in [-0.1, -0.05) is 23.2 Å². The summed E-state index contributed by atoms with van der Waals surface area (Å²) in [6.07, 6.45) is 5.21. The molecular formula is C38H26Cl2N2O11S2. The Labute approximate surface area is 327 Å². The van der Waals surface area contributed by atoms with Crippen molar-refractivity contribution in [3.63, 3.8) is 0 Å². The number of aromatic amines is 2. The Morgan fingerprint density at radius 1 is 0.655 bits per heavy atom. The van der Waals surface area contributed by atoms with Crippen molar-refractivity contribution in [1.82, 2.24) is 9.97 Å². The van der Waals surface area contributed by atoms with Crippen LogP contribution >= 0.6 is 46.7 Å². The highest BCUT2D eigenvalue weighted by Crippen LogP contribution is 2.26. The number of H-pyrrole nitrogens is 2. The normalized spacial score (nSPS) is 10.7. The second-order valence-corrected chi connectivity index (χ2v) is 14.1. The Bertz CT molecular complexity index is 2620. The average Bonchev–Trinajstić information content (AvgIpc) is 3.97. The molecular weight excluding hydrogens is 795 g/mol. The van der Waals surface area contributed by atoms with Gasteiger partial charge in [0.2, 0.25) is 16.6 Å². The summed E-state index contributed by atoms with van der Waals surface area (Å²) in [4.78, 5) is 53.5. The number of esters is 1. The van der Waals surface area contributed by atoms with Crippen LogP contribution in [0.15, 0.2) is 147 Å². The number of halogens is 2. The van der Waals surface area contributed by atoms with E-state index in [0.29, 0.717) is 55.3 Å². The molecule has 55 heavy (non-hydrogen) atoms. The number of hydrogen-bond donors (Lipinski definition) is 4. The molecule has 0 aliphatic rings. The second-order valence-electron chi connectivity index (χ2n) is 11.1. The van der Waals surface area contributed by atoms with Crippen molar-refractivity contribution in [2.45, 2.75) is 21.3 Å². The zero-order valence-corrected chi connectivity index (χ0v) is 31.1. The van der Waals surface area contributed by atoms with Crippen molar-refractivity contribution in [3.05, 3.63) is 163 Å². The summed E-state index contributed by atoms with van der Waals surface area (Å²) in [6.45, 7) is 0. The van der Waals surface area contributed by atoms with E-state index in [1.165, 1.54) is 60.3 Å². The molecule has 0 unspecified atom stereocenters. The molecule has 0 bridgehead atoms. The molecule has 8 rings (SSSR count). The summed E-state index contributed by atoms with van der Waals surface area (Å²) in [5, 5.41) is 18.9. The van der Waals surface area contributed by atoms with Gasteiger partial charge in [0.25, 0.3) is 0 Å². The highest BCUT2D eigenvalue weighted by Gasteiger charge is 2.16. The van der Waals surface area contributed by atoms with Crippen LogP contribution in [0.5, 0.6) is 11.5 Å². The van der Waals surface area contributed by atoms with Gasteiger partial charge in [-0.25, -0.2) is 9.59 Å². The van der Waals surface area contributed by atoms with E-state index in [4.69, 9.17) is 55.8 Å². The number of furan rings is 2. The maximum atomic E-state index is 12.2. The largest absolute Gasteiger partial charge is 0.502 e. The third-order valence-corrected chi connectivity index (χ3v) is 9.81. The second kappa shape index (κ2) is 17.9. The molecule has 6 aromatic heterocycles. The fourth-order valence-electron chi connectivity index (χ4n) is 4.56. The first kappa shape index (κ1) is 38.7. The van der Waals surface area contributed by atoms with Crippen LogP contribution in [0.3, 0.4) is 0 Å². The molecule has 0 radical (unpaired) electrons. The van der Waals surface area contributed by atoms with E-state index in [1.54, 1.807) is 36.4 Å². The third kappa shape index (κ3) is 10.6. The topological polar surface area (TPSA) is 202 Å². The minimum Gasteiger partial charge on any atom is -0.502 e. The molecule has 280 valence electrons. The van der Waals surface area contributed by atoms with Crippen LogP contribution in [-0.2, 0) is 11.5 Å². The van der Waals surface area contributed by atoms with Crippen molar-refractivity contribution in [1.29, 1.82) is 0 Å². The first-order chi connectivity index (χ1) is 26.5. The van der Waals surface area contributed by atoms with Gasteiger partial charge in [0.1, 0.15) is 35.4 Å². The lowest BCUT2D eigenvalue weighted by atomic mass is 10.4. The molecule has 0 aliphatic heterocycles. The number of fused-ring (bicyclic) bond motifs is 2. The number of carbonyl (C=O) groups excluding carboxylic acids is 1. The molecule has 0 spiro atoms. The number of benzene rings is 2. The number of carboxylic acid groups (broad SMARTS) is 1. The van der Waals surface area contributed by atoms with Crippen molar-refractivity contribution in [2.75, 3.05) is 0 Å². The molecule has 6 heterocycles. The number of rotatable bonds is 9. The lowest BCUT2D eigenvalue weighted by Crippen LogP contribution is -2.15. The Hall–Kier alpha value is -6.00. The Balaban J connectivity index is 0.000000156. The number of nitrogens with one attached hydrogen (secondary N) is 2. The Morgan fingerprint density at radius 2 is 1.15 bits per heavy atom. The van der Waals surface area contributed by atoms with E-state index in [-0.39, 0.29) is 22.9 Å². The molecule has 0 atom stereocenters. The van der Waals surface area contributed by atoms with Gasteiger partial charge in [-0.3, -0.25) is 9.59 Å². The predicted octanol–water partition coefficient (Wildman–Crippen LogP) is 9.63. The molecule has 0 saturated carbocycles. The van der Waals surface area contributed by atoms with Crippen molar-refractivity contribution in [2.24, 2.45) is 0 Å². The summed E-state index contributed by atoms with van der Waals surface area (Å²) in [7, 11) is 0. The van der Waals surface area contributed by atoms with Crippen LogP contribution in [0.4, 0.5) is 0 Å². The quantitative estimate of drug-likeness (QED) is 0.0792. The molecule has 8 aromatic rings. The van der Waals surface area contributed by atoms with Crippen LogP contribution in [-0.4, -0.2) is 32.1 Å². The lowest BCUT2D eigenvalue weighted by Gasteiger charge is -2.04. The Morgan fingerprint density at radius 3 is 1.64 bits per heavy atom. The number of aromatic nitrogens is 2. The monoisotopic (exact) mass is 820 g/mol. The van der Waals surface area contributed by atoms with E-state index in [9.17, 15) is 19.2 Å². The van der Waals surface area contributed by atoms with Crippen molar-refractivity contribution in [3.8, 4) is 11.5 Å². The number of thioether (sulfide) groups is 2. The van der Waals surface area contributed by atoms with E-state index >= 15 is 0 Å². The van der Waals surface area contributed by atoms with Crippen LogP contribution in [0, 0.1) is 0 Å². The molecule has 0 amide bonds. The van der Waals surface area contributed by atoms with Crippen LogP contribution in [0.2, 0.25) is 10.0 Å². The van der Waals surface area contributed by atoms with Crippen LogP contribution < -0.4 is 15.6 Å². The van der Waals surface area contributed by atoms with Gasteiger partial charge in [-0.15, -0.1) is 23.5 Å². The molecule has 0 saturated heterocycles. The molecule has 13 nitrogen and oxygen atoms in total. The fraction of sp³-hybridized carbons (Fsp3) is 0.0526. The summed E-state index contributed by atoms with van der Waals surface area (Å²) < 4.78 is 25.8. The van der Waals surface area contributed by atoms with Crippen LogP contribution in [0.1, 0.15) is 32.5 Å². The fourth-order valence-corrected chi connectivity index (χ4v) is 6.38. The highest BCUT2D eigenvalue weighted by molar-refractivity contribution is 7.98. The van der Waals surface area contributed by atoms with Gasteiger partial charge in [0, 0.05) is 56.2 Å². The zero-order chi connectivity index (χ0) is 38.9. The summed E-state index contributed by atoms with van der Waals surface area (Å²) in [5.41, 5.74) is 1.96. The van der Waals surface area contributed by atoms with Gasteiger partial charge < -0.3 is 42.6 Å². The van der Waals surface area contributed by atoms with Gasteiger partial charge in [0.15, 0.2) is 16.9 Å². The number of aromatic hydroxyl groups is 1. The first-order valence-corrected chi connectivity index (χ1v) is 18.5. The first-order valence-electron chi connectivity index (χ1n) is 15.8. The van der Waals surface area contributed by atoms with Crippen LogP contribution in [0.25, 0.3) is 22.2 Å². The Kier molecular flexibility index (Phi) is 12.6. The number of ether oxygens (including phenoxy) is 1. The summed E-state index contributed by atoms with van der Waals surface area (Å²) in [6, 6.07) is 23.7. The minimum absolute atomic E-state index is 0.152. The van der Waals surface area contributed by atoms with Gasteiger partial charge in [0.05, 0.1) is 35.1 Å². The van der Waals surface area contributed by atoms with Gasteiger partial charge in [-0.05, 0) is 48.5 Å². The van der Waals surface area contributed by atoms with E-state index in [0.717, 1.165) is 22.3 Å². The van der Waals surface area contributed by atoms with E-state index < -0.39 is 22.8 Å². The maximum absolute atomic E-state index is 12.2. The number of carboxylic acids is 1. The smallest absolute Gasteiger partial charge is 0.360 e. The minimum atomic E-state index is -0.976.